The molecule has 9 nitrogen and oxygen atoms in total. The molecule has 0 saturated carbocycles. The van der Waals surface area contributed by atoms with E-state index in [9.17, 15) is 24.5 Å². The number of hydrogen-bond donors (Lipinski definition) is 2. The van der Waals surface area contributed by atoms with Crippen LogP contribution in [0.4, 0.5) is 5.69 Å². The number of benzene rings is 1. The van der Waals surface area contributed by atoms with Gasteiger partial charge in [0.05, 0.1) is 18.5 Å². The molecule has 21 heavy (non-hydrogen) atoms. The van der Waals surface area contributed by atoms with Crippen molar-refractivity contribution in [3.63, 3.8) is 0 Å². The molecule has 1 atom stereocenters. The third kappa shape index (κ3) is 4.56. The zero-order valence-electron chi connectivity index (χ0n) is 10.9. The van der Waals surface area contributed by atoms with Gasteiger partial charge in [0.2, 0.25) is 0 Å². The molecule has 0 spiro atoms. The highest BCUT2D eigenvalue weighted by molar-refractivity contribution is 5.97. The predicted molar refractivity (Wildman–Crippen MR) is 68.6 cm³/mol. The molecule has 0 heterocycles. The fraction of sp³-hybridized carbons (Fsp3) is 0.250. The van der Waals surface area contributed by atoms with E-state index in [0.717, 1.165) is 19.2 Å². The summed E-state index contributed by atoms with van der Waals surface area (Å²) in [7, 11) is 1.10. The molecule has 9 heteroatoms. The molecule has 0 fully saturated rings. The number of non-ortho nitro benzene ring substituents is 1. The van der Waals surface area contributed by atoms with Crippen LogP contribution in [0.5, 0.6) is 0 Å². The smallest absolute Gasteiger partial charge is 0.326 e. The molecular formula is C12H12N2O7. The van der Waals surface area contributed by atoms with Crippen molar-refractivity contribution in [3.8, 4) is 0 Å². The third-order valence-corrected chi connectivity index (χ3v) is 2.54. The van der Waals surface area contributed by atoms with Crippen LogP contribution in [0.2, 0.25) is 0 Å². The molecule has 112 valence electrons. The molecule has 2 N–H and O–H groups in total. The molecule has 1 rings (SSSR count). The second-order valence-electron chi connectivity index (χ2n) is 3.95. The summed E-state index contributed by atoms with van der Waals surface area (Å²) in [5, 5.41) is 21.5. The number of ether oxygens (including phenoxy) is 1. The summed E-state index contributed by atoms with van der Waals surface area (Å²) in [6.07, 6.45) is -0.523. The van der Waals surface area contributed by atoms with Crippen LogP contribution in [0.15, 0.2) is 24.3 Å². The normalized spacial score (nSPS) is 11.3. The lowest BCUT2D eigenvalue weighted by Gasteiger charge is -2.13. The zero-order chi connectivity index (χ0) is 16.0. The van der Waals surface area contributed by atoms with E-state index in [-0.39, 0.29) is 11.3 Å². The molecule has 1 aromatic carbocycles. The topological polar surface area (TPSA) is 136 Å². The molecule has 1 amide bonds. The van der Waals surface area contributed by atoms with Crippen molar-refractivity contribution in [1.82, 2.24) is 5.32 Å². The van der Waals surface area contributed by atoms with Crippen LogP contribution in [-0.4, -0.2) is 41.0 Å². The van der Waals surface area contributed by atoms with Crippen molar-refractivity contribution in [1.29, 1.82) is 0 Å². The van der Waals surface area contributed by atoms with Gasteiger partial charge in [0.1, 0.15) is 6.04 Å². The molecule has 0 radical (unpaired) electrons. The first-order chi connectivity index (χ1) is 9.85. The molecule has 0 aliphatic heterocycles. The number of carbonyl (C=O) groups excluding carboxylic acids is 2. The first-order valence-corrected chi connectivity index (χ1v) is 5.70. The standard InChI is InChI=1S/C12H12N2O7/c1-21-10(15)6-9(12(17)18)13-11(16)7-2-4-8(5-3-7)14(19)20/h2-5,9H,6H2,1H3,(H,13,16)(H,17,18)/t9-/m0/s1. The Labute approximate surface area is 118 Å². The van der Waals surface area contributed by atoms with Crippen molar-refractivity contribution in [2.45, 2.75) is 12.5 Å². The molecule has 1 aromatic rings. The first kappa shape index (κ1) is 16.1. The van der Waals surface area contributed by atoms with Crippen LogP contribution in [0, 0.1) is 10.1 Å². The molecule has 0 aliphatic rings. The average Bonchev–Trinajstić information content (AvgIpc) is 2.46. The lowest BCUT2D eigenvalue weighted by atomic mass is 10.1. The SMILES string of the molecule is COC(=O)C[C@H](NC(=O)c1ccc([N+](=O)[O-])cc1)C(=O)O. The maximum absolute atomic E-state index is 11.8. The summed E-state index contributed by atoms with van der Waals surface area (Å²) in [4.78, 5) is 43.7. The number of esters is 1. The second-order valence-corrected chi connectivity index (χ2v) is 3.95. The lowest BCUT2D eigenvalue weighted by Crippen LogP contribution is -2.42. The van der Waals surface area contributed by atoms with Crippen molar-refractivity contribution >= 4 is 23.5 Å². The van der Waals surface area contributed by atoms with Gasteiger partial charge in [-0.05, 0) is 12.1 Å². The van der Waals surface area contributed by atoms with Gasteiger partial charge < -0.3 is 15.2 Å². The number of carboxylic acid groups (broad SMARTS) is 1. The van der Waals surface area contributed by atoms with E-state index < -0.39 is 35.2 Å². The maximum atomic E-state index is 11.8. The van der Waals surface area contributed by atoms with Crippen molar-refractivity contribution in [2.24, 2.45) is 0 Å². The van der Waals surface area contributed by atoms with E-state index in [1.54, 1.807) is 0 Å². The van der Waals surface area contributed by atoms with Gasteiger partial charge in [-0.2, -0.15) is 0 Å². The first-order valence-electron chi connectivity index (χ1n) is 5.70. The van der Waals surface area contributed by atoms with E-state index in [4.69, 9.17) is 5.11 Å². The van der Waals surface area contributed by atoms with Crippen LogP contribution in [0.3, 0.4) is 0 Å². The number of carboxylic acids is 1. The second kappa shape index (κ2) is 6.98. The summed E-state index contributed by atoms with van der Waals surface area (Å²) >= 11 is 0. The Kier molecular flexibility index (Phi) is 5.35. The van der Waals surface area contributed by atoms with E-state index in [2.05, 4.69) is 10.1 Å². The quantitative estimate of drug-likeness (QED) is 0.439. The minimum atomic E-state index is -1.44. The molecule has 0 aliphatic carbocycles. The molecule has 0 saturated heterocycles. The Morgan fingerprint density at radius 2 is 1.90 bits per heavy atom. The van der Waals surface area contributed by atoms with Gasteiger partial charge in [0, 0.05) is 17.7 Å². The van der Waals surface area contributed by atoms with Crippen molar-refractivity contribution in [3.05, 3.63) is 39.9 Å². The number of nitrogens with zero attached hydrogens (tertiary/aromatic N) is 1. The number of aliphatic carboxylic acids is 1. The van der Waals surface area contributed by atoms with Gasteiger partial charge in [-0.3, -0.25) is 19.7 Å². The number of nitro benzene ring substituents is 1. The zero-order valence-corrected chi connectivity index (χ0v) is 10.9. The van der Waals surface area contributed by atoms with E-state index >= 15 is 0 Å². The Morgan fingerprint density at radius 3 is 2.33 bits per heavy atom. The highest BCUT2D eigenvalue weighted by atomic mass is 16.6. The summed E-state index contributed by atoms with van der Waals surface area (Å²) in [5.41, 5.74) is -0.160. The van der Waals surface area contributed by atoms with Gasteiger partial charge >= 0.3 is 11.9 Å². The molecule has 0 unspecified atom stereocenters. The number of carbonyl (C=O) groups is 3. The van der Waals surface area contributed by atoms with Gasteiger partial charge in [-0.1, -0.05) is 0 Å². The van der Waals surface area contributed by atoms with Gasteiger partial charge in [0.15, 0.2) is 0 Å². The van der Waals surface area contributed by atoms with Gasteiger partial charge in [-0.25, -0.2) is 4.79 Å². The van der Waals surface area contributed by atoms with Crippen LogP contribution >= 0.6 is 0 Å². The van der Waals surface area contributed by atoms with Crippen LogP contribution in [-0.2, 0) is 14.3 Å². The van der Waals surface area contributed by atoms with Crippen molar-refractivity contribution in [2.75, 3.05) is 7.11 Å². The Bertz CT molecular complexity index is 567. The third-order valence-electron chi connectivity index (χ3n) is 2.54. The Hall–Kier alpha value is -2.97. The number of nitro groups is 1. The van der Waals surface area contributed by atoms with E-state index in [1.807, 2.05) is 0 Å². The summed E-state index contributed by atoms with van der Waals surface area (Å²) in [6, 6.07) is 3.16. The number of hydrogen-bond acceptors (Lipinski definition) is 6. The Morgan fingerprint density at radius 1 is 1.33 bits per heavy atom. The van der Waals surface area contributed by atoms with Crippen molar-refractivity contribution < 1.29 is 29.2 Å². The Balaban J connectivity index is 2.79. The summed E-state index contributed by atoms with van der Waals surface area (Å²) in [6.45, 7) is 0. The number of nitrogens with one attached hydrogen (secondary N) is 1. The average molecular weight is 296 g/mol. The molecule has 0 bridgehead atoms. The lowest BCUT2D eigenvalue weighted by molar-refractivity contribution is -0.384. The van der Waals surface area contributed by atoms with Crippen LogP contribution in [0.1, 0.15) is 16.8 Å². The highest BCUT2D eigenvalue weighted by Crippen LogP contribution is 2.12. The minimum Gasteiger partial charge on any atom is -0.480 e. The number of amides is 1. The summed E-state index contributed by atoms with van der Waals surface area (Å²) in [5.74, 6) is -2.94. The minimum absolute atomic E-state index is 0.0386. The van der Waals surface area contributed by atoms with Crippen LogP contribution < -0.4 is 5.32 Å². The molecule has 0 aromatic heterocycles. The summed E-state index contributed by atoms with van der Waals surface area (Å²) < 4.78 is 4.33. The molecular weight excluding hydrogens is 284 g/mol. The largest absolute Gasteiger partial charge is 0.480 e. The van der Waals surface area contributed by atoms with Gasteiger partial charge in [0.25, 0.3) is 11.6 Å². The number of methoxy groups -OCH3 is 1. The fourth-order valence-corrected chi connectivity index (χ4v) is 1.43. The highest BCUT2D eigenvalue weighted by Gasteiger charge is 2.24. The fourth-order valence-electron chi connectivity index (χ4n) is 1.43. The van der Waals surface area contributed by atoms with Gasteiger partial charge in [-0.15, -0.1) is 0 Å². The van der Waals surface area contributed by atoms with E-state index in [0.29, 0.717) is 0 Å². The predicted octanol–water partition coefficient (Wildman–Crippen LogP) is 0.341. The number of rotatable bonds is 6. The maximum Gasteiger partial charge on any atom is 0.326 e. The van der Waals surface area contributed by atoms with Crippen LogP contribution in [0.25, 0.3) is 0 Å². The monoisotopic (exact) mass is 296 g/mol. The van der Waals surface area contributed by atoms with E-state index in [1.165, 1.54) is 12.1 Å².